The third-order valence-corrected chi connectivity index (χ3v) is 4.74. The van der Waals surface area contributed by atoms with Gasteiger partial charge in [-0.15, -0.1) is 10.2 Å². The highest BCUT2D eigenvalue weighted by molar-refractivity contribution is 7.18. The number of benzene rings is 2. The normalized spacial score (nSPS) is 10.7. The SMILES string of the molecule is CC(=O)Oc1ccc(C(=O)Nc2nnc(-c3ccc(C(C)C)cc3)s2)cc1. The topological polar surface area (TPSA) is 81.2 Å². The molecule has 3 aromatic rings. The molecule has 27 heavy (non-hydrogen) atoms. The summed E-state index contributed by atoms with van der Waals surface area (Å²) in [6.07, 6.45) is 0. The zero-order chi connectivity index (χ0) is 19.4. The second kappa shape index (κ2) is 8.09. The largest absolute Gasteiger partial charge is 0.427 e. The number of nitrogens with zero attached hydrogens (tertiary/aromatic N) is 2. The van der Waals surface area contributed by atoms with Gasteiger partial charge in [0.05, 0.1) is 0 Å². The van der Waals surface area contributed by atoms with Crippen LogP contribution in [0.2, 0.25) is 0 Å². The van der Waals surface area contributed by atoms with Crippen molar-refractivity contribution in [2.24, 2.45) is 0 Å². The average molecular weight is 381 g/mol. The van der Waals surface area contributed by atoms with E-state index in [0.717, 1.165) is 10.6 Å². The number of amides is 1. The Morgan fingerprint density at radius 3 is 2.26 bits per heavy atom. The number of aromatic nitrogens is 2. The maximum absolute atomic E-state index is 12.3. The molecule has 0 saturated carbocycles. The molecule has 138 valence electrons. The number of ether oxygens (including phenoxy) is 1. The Bertz CT molecular complexity index is 947. The van der Waals surface area contributed by atoms with E-state index in [2.05, 4.69) is 41.5 Å². The first-order valence-electron chi connectivity index (χ1n) is 8.46. The van der Waals surface area contributed by atoms with Gasteiger partial charge >= 0.3 is 5.97 Å². The van der Waals surface area contributed by atoms with Gasteiger partial charge < -0.3 is 4.74 Å². The Balaban J connectivity index is 1.68. The van der Waals surface area contributed by atoms with Crippen LogP contribution in [0.15, 0.2) is 48.5 Å². The van der Waals surface area contributed by atoms with Gasteiger partial charge in [-0.2, -0.15) is 0 Å². The first kappa shape index (κ1) is 18.7. The van der Waals surface area contributed by atoms with Crippen LogP contribution >= 0.6 is 11.3 Å². The number of rotatable bonds is 5. The zero-order valence-corrected chi connectivity index (χ0v) is 16.0. The lowest BCUT2D eigenvalue weighted by molar-refractivity contribution is -0.131. The van der Waals surface area contributed by atoms with E-state index in [1.807, 2.05) is 12.1 Å². The number of carbonyl (C=O) groups excluding carboxylic acids is 2. The van der Waals surface area contributed by atoms with Crippen molar-refractivity contribution in [3.8, 4) is 16.3 Å². The first-order valence-corrected chi connectivity index (χ1v) is 9.27. The molecule has 0 atom stereocenters. The van der Waals surface area contributed by atoms with Crippen LogP contribution in [0.5, 0.6) is 5.75 Å². The van der Waals surface area contributed by atoms with Crippen molar-refractivity contribution in [1.29, 1.82) is 0 Å². The van der Waals surface area contributed by atoms with Gasteiger partial charge in [-0.25, -0.2) is 0 Å². The summed E-state index contributed by atoms with van der Waals surface area (Å²) in [5.74, 6) is 0.148. The fraction of sp³-hybridized carbons (Fsp3) is 0.200. The van der Waals surface area contributed by atoms with Crippen molar-refractivity contribution in [2.75, 3.05) is 5.32 Å². The van der Waals surface area contributed by atoms with Crippen molar-refractivity contribution in [3.63, 3.8) is 0 Å². The van der Waals surface area contributed by atoms with E-state index in [1.165, 1.54) is 23.8 Å². The maximum atomic E-state index is 12.3. The van der Waals surface area contributed by atoms with Gasteiger partial charge in [0.2, 0.25) is 5.13 Å². The molecule has 0 aliphatic rings. The second-order valence-corrected chi connectivity index (χ2v) is 7.24. The van der Waals surface area contributed by atoms with E-state index in [0.29, 0.717) is 22.4 Å². The minimum Gasteiger partial charge on any atom is -0.427 e. The van der Waals surface area contributed by atoms with E-state index in [-0.39, 0.29) is 5.91 Å². The first-order chi connectivity index (χ1) is 12.9. The Kier molecular flexibility index (Phi) is 5.61. The fourth-order valence-electron chi connectivity index (χ4n) is 2.41. The van der Waals surface area contributed by atoms with Crippen molar-refractivity contribution in [1.82, 2.24) is 10.2 Å². The Morgan fingerprint density at radius 1 is 1.00 bits per heavy atom. The molecular formula is C20H19N3O3S. The molecule has 0 fully saturated rings. The highest BCUT2D eigenvalue weighted by Gasteiger charge is 2.12. The molecule has 1 heterocycles. The molecule has 0 aliphatic heterocycles. The Morgan fingerprint density at radius 2 is 1.67 bits per heavy atom. The lowest BCUT2D eigenvalue weighted by atomic mass is 10.0. The van der Waals surface area contributed by atoms with Crippen LogP contribution in [-0.4, -0.2) is 22.1 Å². The van der Waals surface area contributed by atoms with Crippen LogP contribution in [0.3, 0.4) is 0 Å². The second-order valence-electron chi connectivity index (χ2n) is 6.26. The number of anilines is 1. The molecular weight excluding hydrogens is 362 g/mol. The predicted molar refractivity (Wildman–Crippen MR) is 105 cm³/mol. The summed E-state index contributed by atoms with van der Waals surface area (Å²) in [5.41, 5.74) is 2.65. The van der Waals surface area contributed by atoms with Gasteiger partial charge in [0, 0.05) is 18.1 Å². The van der Waals surface area contributed by atoms with Crippen molar-refractivity contribution < 1.29 is 14.3 Å². The number of esters is 1. The van der Waals surface area contributed by atoms with Gasteiger partial charge in [-0.3, -0.25) is 14.9 Å². The summed E-state index contributed by atoms with van der Waals surface area (Å²) in [5, 5.41) is 12.1. The third-order valence-electron chi connectivity index (χ3n) is 3.85. The standard InChI is InChI=1S/C20H19N3O3S/c1-12(2)14-4-6-16(7-5-14)19-22-23-20(27-19)21-18(25)15-8-10-17(11-9-15)26-13(3)24/h4-12H,1-3H3,(H,21,23,25). The Hall–Kier alpha value is -3.06. The fourth-order valence-corrected chi connectivity index (χ4v) is 3.15. The zero-order valence-electron chi connectivity index (χ0n) is 15.2. The minimum absolute atomic E-state index is 0.303. The van der Waals surface area contributed by atoms with Crippen LogP contribution < -0.4 is 10.1 Å². The number of hydrogen-bond donors (Lipinski definition) is 1. The molecule has 0 spiro atoms. The van der Waals surface area contributed by atoms with Crippen LogP contribution in [-0.2, 0) is 4.79 Å². The quantitative estimate of drug-likeness (QED) is 0.520. The Labute approximate surface area is 161 Å². The van der Waals surface area contributed by atoms with Gasteiger partial charge in [0.15, 0.2) is 0 Å². The van der Waals surface area contributed by atoms with Crippen molar-refractivity contribution in [2.45, 2.75) is 26.7 Å². The van der Waals surface area contributed by atoms with Crippen LogP contribution in [0, 0.1) is 0 Å². The summed E-state index contributed by atoms with van der Waals surface area (Å²) in [6.45, 7) is 5.61. The number of hydrogen-bond acceptors (Lipinski definition) is 6. The monoisotopic (exact) mass is 381 g/mol. The smallest absolute Gasteiger partial charge is 0.308 e. The van der Waals surface area contributed by atoms with Gasteiger partial charge in [-0.05, 0) is 35.7 Å². The highest BCUT2D eigenvalue weighted by atomic mass is 32.1. The average Bonchev–Trinajstić information content (AvgIpc) is 3.10. The van der Waals surface area contributed by atoms with Gasteiger partial charge in [0.1, 0.15) is 10.8 Å². The highest BCUT2D eigenvalue weighted by Crippen LogP contribution is 2.28. The van der Waals surface area contributed by atoms with Crippen LogP contribution in [0.25, 0.3) is 10.6 Å². The molecule has 1 N–H and O–H groups in total. The molecule has 0 unspecified atom stereocenters. The third kappa shape index (κ3) is 4.77. The van der Waals surface area contributed by atoms with Crippen LogP contribution in [0.1, 0.15) is 42.6 Å². The summed E-state index contributed by atoms with van der Waals surface area (Å²) >= 11 is 1.31. The van der Waals surface area contributed by atoms with E-state index in [9.17, 15) is 9.59 Å². The van der Waals surface area contributed by atoms with E-state index in [1.54, 1.807) is 24.3 Å². The van der Waals surface area contributed by atoms with Gasteiger partial charge in [0.25, 0.3) is 5.91 Å². The predicted octanol–water partition coefficient (Wildman–Crippen LogP) is 4.51. The number of nitrogens with one attached hydrogen (secondary N) is 1. The summed E-state index contributed by atoms with van der Waals surface area (Å²) in [6, 6.07) is 14.5. The molecule has 1 amide bonds. The van der Waals surface area contributed by atoms with Crippen LogP contribution in [0.4, 0.5) is 5.13 Å². The molecule has 6 nitrogen and oxygen atoms in total. The number of carbonyl (C=O) groups is 2. The lowest BCUT2D eigenvalue weighted by Crippen LogP contribution is -2.11. The van der Waals surface area contributed by atoms with Crippen molar-refractivity contribution in [3.05, 3.63) is 59.7 Å². The summed E-state index contributed by atoms with van der Waals surface area (Å²) < 4.78 is 4.95. The molecule has 0 saturated heterocycles. The molecule has 0 aliphatic carbocycles. The molecule has 7 heteroatoms. The van der Waals surface area contributed by atoms with E-state index >= 15 is 0 Å². The van der Waals surface area contributed by atoms with Gasteiger partial charge in [-0.1, -0.05) is 49.4 Å². The van der Waals surface area contributed by atoms with E-state index in [4.69, 9.17) is 4.74 Å². The maximum Gasteiger partial charge on any atom is 0.308 e. The molecule has 1 aromatic heterocycles. The molecule has 0 radical (unpaired) electrons. The van der Waals surface area contributed by atoms with Crippen molar-refractivity contribution >= 4 is 28.3 Å². The van der Waals surface area contributed by atoms with E-state index < -0.39 is 5.97 Å². The molecule has 2 aromatic carbocycles. The lowest BCUT2D eigenvalue weighted by Gasteiger charge is -2.05. The molecule has 0 bridgehead atoms. The summed E-state index contributed by atoms with van der Waals surface area (Å²) in [7, 11) is 0. The molecule has 3 rings (SSSR count). The summed E-state index contributed by atoms with van der Waals surface area (Å²) in [4.78, 5) is 23.3. The minimum atomic E-state index is -0.407.